The van der Waals surface area contributed by atoms with E-state index in [4.69, 9.17) is 26.7 Å². The van der Waals surface area contributed by atoms with Crippen molar-refractivity contribution in [1.82, 2.24) is 0 Å². The Bertz CT molecular complexity index is 402. The third-order valence-electron chi connectivity index (χ3n) is 4.54. The molecule has 10 heteroatoms. The Labute approximate surface area is 133 Å². The predicted octanol–water partition coefficient (Wildman–Crippen LogP) is -4.69. The molecule has 1 saturated heterocycles. The van der Waals surface area contributed by atoms with Crippen LogP contribution in [-0.4, -0.2) is 92.7 Å². The Morgan fingerprint density at radius 3 is 2.13 bits per heavy atom. The highest BCUT2D eigenvalue weighted by Gasteiger charge is 2.49. The molecule has 2 fully saturated rings. The number of hydrogen-bond donors (Lipinski definition) is 8. The highest BCUT2D eigenvalue weighted by atomic mass is 16.7. The van der Waals surface area contributed by atoms with Crippen LogP contribution in [0.4, 0.5) is 0 Å². The van der Waals surface area contributed by atoms with Crippen molar-refractivity contribution in [3.63, 3.8) is 0 Å². The lowest BCUT2D eigenvalue weighted by atomic mass is 9.84. The highest BCUT2D eigenvalue weighted by molar-refractivity contribution is 4.99. The van der Waals surface area contributed by atoms with Gasteiger partial charge in [0.1, 0.15) is 30.5 Å². The van der Waals surface area contributed by atoms with E-state index in [2.05, 4.69) is 0 Å². The molecule has 0 unspecified atom stereocenters. The van der Waals surface area contributed by atoms with Gasteiger partial charge in [-0.2, -0.15) is 0 Å². The second-order valence-electron chi connectivity index (χ2n) is 6.41. The fraction of sp³-hybridized carbons (Fsp3) is 1.00. The number of aliphatic hydroxyl groups excluding tert-OH is 5. The first-order valence-electron chi connectivity index (χ1n) is 7.63. The molecule has 0 spiro atoms. The molecule has 11 atom stereocenters. The Hall–Kier alpha value is -0.400. The zero-order chi connectivity index (χ0) is 17.5. The van der Waals surface area contributed by atoms with Gasteiger partial charge in [-0.25, -0.2) is 0 Å². The van der Waals surface area contributed by atoms with Gasteiger partial charge in [0.25, 0.3) is 0 Å². The number of ether oxygens (including phenoxy) is 2. The van der Waals surface area contributed by atoms with E-state index < -0.39 is 67.1 Å². The van der Waals surface area contributed by atoms with Crippen LogP contribution < -0.4 is 17.2 Å². The van der Waals surface area contributed by atoms with Crippen LogP contribution in [0.1, 0.15) is 13.3 Å². The van der Waals surface area contributed by atoms with Crippen LogP contribution in [0.3, 0.4) is 0 Å². The molecular formula is C13H27N3O7. The fourth-order valence-corrected chi connectivity index (χ4v) is 3.06. The molecule has 0 amide bonds. The van der Waals surface area contributed by atoms with Crippen LogP contribution in [0, 0.1) is 0 Å². The quantitative estimate of drug-likeness (QED) is 0.247. The maximum atomic E-state index is 10.1. The van der Waals surface area contributed by atoms with E-state index in [0.717, 1.165) is 0 Å². The first kappa shape index (κ1) is 18.9. The molecule has 1 saturated carbocycles. The first-order chi connectivity index (χ1) is 10.6. The van der Waals surface area contributed by atoms with Crippen LogP contribution in [0.2, 0.25) is 0 Å². The van der Waals surface area contributed by atoms with Gasteiger partial charge in [-0.05, 0) is 13.3 Å². The Morgan fingerprint density at radius 1 is 0.957 bits per heavy atom. The van der Waals surface area contributed by atoms with E-state index in [1.54, 1.807) is 0 Å². The summed E-state index contributed by atoms with van der Waals surface area (Å²) in [5, 5.41) is 49.4. The second-order valence-corrected chi connectivity index (χ2v) is 6.41. The Balaban J connectivity index is 2.11. The van der Waals surface area contributed by atoms with Gasteiger partial charge in [0, 0.05) is 12.1 Å². The SMILES string of the molecule is C[C@H](O)[C@H]1O[C@H](O[C@H]2[C@H](O)[C@@H](O)[C@H](N)C[C@@H]2N)[C@H](N)[C@@H](O)[C@@H]1O. The standard InChI is InChI=1S/C13H27N3O7/c1-3(17)11-10(21)8(19)6(16)13(22-11)23-12-5(15)2-4(14)7(18)9(12)20/h3-13,17-21H,2,14-16H2,1H3/t3-,4+,5-,6+,7-,8+,9+,10-,11+,12+,13+/m0/s1. The van der Waals surface area contributed by atoms with Crippen molar-refractivity contribution < 1.29 is 35.0 Å². The van der Waals surface area contributed by atoms with Gasteiger partial charge in [-0.1, -0.05) is 0 Å². The van der Waals surface area contributed by atoms with E-state index in [1.807, 2.05) is 0 Å². The van der Waals surface area contributed by atoms with Gasteiger partial charge in [-0.3, -0.25) is 0 Å². The summed E-state index contributed by atoms with van der Waals surface area (Å²) in [7, 11) is 0. The molecule has 136 valence electrons. The van der Waals surface area contributed by atoms with Crippen LogP contribution in [0.15, 0.2) is 0 Å². The summed E-state index contributed by atoms with van der Waals surface area (Å²) < 4.78 is 11.0. The van der Waals surface area contributed by atoms with Gasteiger partial charge in [-0.15, -0.1) is 0 Å². The minimum absolute atomic E-state index is 0.218. The average Bonchev–Trinajstić information content (AvgIpc) is 2.48. The molecule has 0 aromatic rings. The third-order valence-corrected chi connectivity index (χ3v) is 4.54. The van der Waals surface area contributed by atoms with Crippen molar-refractivity contribution in [2.75, 3.05) is 0 Å². The fourth-order valence-electron chi connectivity index (χ4n) is 3.06. The molecular weight excluding hydrogens is 310 g/mol. The van der Waals surface area contributed by atoms with E-state index in [-0.39, 0.29) is 6.42 Å². The van der Waals surface area contributed by atoms with E-state index >= 15 is 0 Å². The van der Waals surface area contributed by atoms with Gasteiger partial charge in [0.2, 0.25) is 0 Å². The summed E-state index contributed by atoms with van der Waals surface area (Å²) in [6, 6.07) is -2.47. The summed E-state index contributed by atoms with van der Waals surface area (Å²) in [6.45, 7) is 1.39. The number of rotatable bonds is 3. The monoisotopic (exact) mass is 337 g/mol. The third kappa shape index (κ3) is 3.66. The molecule has 1 aliphatic heterocycles. The van der Waals surface area contributed by atoms with Crippen molar-refractivity contribution >= 4 is 0 Å². The summed E-state index contributed by atoms with van der Waals surface area (Å²) in [5.74, 6) is 0. The van der Waals surface area contributed by atoms with Crippen LogP contribution in [-0.2, 0) is 9.47 Å². The molecule has 0 aromatic heterocycles. The molecule has 0 bridgehead atoms. The average molecular weight is 337 g/mol. The van der Waals surface area contributed by atoms with Crippen molar-refractivity contribution in [1.29, 1.82) is 0 Å². The zero-order valence-electron chi connectivity index (χ0n) is 12.8. The normalized spacial score (nSPS) is 53.1. The number of aliphatic hydroxyl groups is 5. The van der Waals surface area contributed by atoms with Crippen molar-refractivity contribution in [3.8, 4) is 0 Å². The zero-order valence-corrected chi connectivity index (χ0v) is 12.8. The van der Waals surface area contributed by atoms with Crippen LogP contribution in [0.5, 0.6) is 0 Å². The van der Waals surface area contributed by atoms with Crippen LogP contribution in [0.25, 0.3) is 0 Å². The lowest BCUT2D eigenvalue weighted by Crippen LogP contribution is -2.67. The molecule has 23 heavy (non-hydrogen) atoms. The summed E-state index contributed by atoms with van der Waals surface area (Å²) >= 11 is 0. The minimum Gasteiger partial charge on any atom is -0.391 e. The predicted molar refractivity (Wildman–Crippen MR) is 77.8 cm³/mol. The van der Waals surface area contributed by atoms with Crippen LogP contribution >= 0.6 is 0 Å². The molecule has 2 rings (SSSR count). The number of hydrogen-bond acceptors (Lipinski definition) is 10. The summed E-state index contributed by atoms with van der Waals surface area (Å²) in [5.41, 5.74) is 17.4. The van der Waals surface area contributed by atoms with Crippen molar-refractivity contribution in [2.24, 2.45) is 17.2 Å². The smallest absolute Gasteiger partial charge is 0.176 e. The van der Waals surface area contributed by atoms with Crippen molar-refractivity contribution in [3.05, 3.63) is 0 Å². The molecule has 0 radical (unpaired) electrons. The molecule has 0 aromatic carbocycles. The first-order valence-corrected chi connectivity index (χ1v) is 7.63. The molecule has 11 N–H and O–H groups in total. The maximum Gasteiger partial charge on any atom is 0.176 e. The largest absolute Gasteiger partial charge is 0.391 e. The van der Waals surface area contributed by atoms with Gasteiger partial charge >= 0.3 is 0 Å². The molecule has 10 nitrogen and oxygen atoms in total. The van der Waals surface area contributed by atoms with Crippen molar-refractivity contribution in [2.45, 2.75) is 80.5 Å². The summed E-state index contributed by atoms with van der Waals surface area (Å²) in [4.78, 5) is 0. The van der Waals surface area contributed by atoms with E-state index in [1.165, 1.54) is 6.92 Å². The van der Waals surface area contributed by atoms with Gasteiger partial charge < -0.3 is 52.2 Å². The lowest BCUT2D eigenvalue weighted by molar-refractivity contribution is -0.301. The highest BCUT2D eigenvalue weighted by Crippen LogP contribution is 2.28. The maximum absolute atomic E-state index is 10.1. The van der Waals surface area contributed by atoms with E-state index in [9.17, 15) is 25.5 Å². The minimum atomic E-state index is -1.39. The molecule has 1 heterocycles. The van der Waals surface area contributed by atoms with E-state index in [0.29, 0.717) is 0 Å². The Morgan fingerprint density at radius 2 is 1.57 bits per heavy atom. The van der Waals surface area contributed by atoms with Gasteiger partial charge in [0.05, 0.1) is 18.2 Å². The van der Waals surface area contributed by atoms with Gasteiger partial charge in [0.15, 0.2) is 6.29 Å². The molecule has 2 aliphatic rings. The topological polar surface area (TPSA) is 198 Å². The molecule has 1 aliphatic carbocycles. The second kappa shape index (κ2) is 7.23. The number of nitrogens with two attached hydrogens (primary N) is 3. The Kier molecular flexibility index (Phi) is 5.95. The summed E-state index contributed by atoms with van der Waals surface area (Å²) in [6.07, 6.45) is -9.55. The lowest BCUT2D eigenvalue weighted by Gasteiger charge is -2.46.